The minimum atomic E-state index is -0.594. The third kappa shape index (κ3) is 5.89. The Morgan fingerprint density at radius 1 is 1.03 bits per heavy atom. The Kier molecular flexibility index (Phi) is 8.03. The molecule has 0 aliphatic carbocycles. The van der Waals surface area contributed by atoms with E-state index in [9.17, 15) is 9.59 Å². The van der Waals surface area contributed by atoms with Crippen molar-refractivity contribution in [3.8, 4) is 22.7 Å². The van der Waals surface area contributed by atoms with E-state index in [1.54, 1.807) is 17.9 Å². The summed E-state index contributed by atoms with van der Waals surface area (Å²) >= 11 is 0. The van der Waals surface area contributed by atoms with Gasteiger partial charge in [-0.15, -0.1) is 0 Å². The lowest BCUT2D eigenvalue weighted by atomic mass is 10.1. The SMILES string of the molecule is CCCn1c(C)cc(C(=O)COC(=O)C=Cc2cn(-c3ccccc3)nc2-c2ccc(OC)cc2)c1C. The maximum absolute atomic E-state index is 12.7. The van der Waals surface area contributed by atoms with Gasteiger partial charge in [-0.2, -0.15) is 5.10 Å². The summed E-state index contributed by atoms with van der Waals surface area (Å²) in [4.78, 5) is 25.2. The van der Waals surface area contributed by atoms with Crippen LogP contribution in [0, 0.1) is 13.8 Å². The first-order valence-electron chi connectivity index (χ1n) is 12.3. The lowest BCUT2D eigenvalue weighted by Crippen LogP contribution is -2.13. The predicted octanol–water partition coefficient (Wildman–Crippen LogP) is 5.82. The van der Waals surface area contributed by atoms with E-state index in [0.717, 1.165) is 46.9 Å². The quantitative estimate of drug-likeness (QED) is 0.157. The van der Waals surface area contributed by atoms with Crippen LogP contribution in [0.1, 0.15) is 40.7 Å². The number of hydrogen-bond acceptors (Lipinski definition) is 5. The molecule has 2 aromatic heterocycles. The van der Waals surface area contributed by atoms with Gasteiger partial charge in [0, 0.05) is 46.9 Å². The Morgan fingerprint density at radius 2 is 1.76 bits per heavy atom. The van der Waals surface area contributed by atoms with Crippen LogP contribution in [0.4, 0.5) is 0 Å². The van der Waals surface area contributed by atoms with Crippen molar-refractivity contribution in [2.24, 2.45) is 0 Å². The topological polar surface area (TPSA) is 75.4 Å². The largest absolute Gasteiger partial charge is 0.497 e. The molecule has 0 atom stereocenters. The van der Waals surface area contributed by atoms with Gasteiger partial charge in [0.15, 0.2) is 6.61 Å². The van der Waals surface area contributed by atoms with Crippen molar-refractivity contribution in [1.82, 2.24) is 14.3 Å². The van der Waals surface area contributed by atoms with Crippen LogP contribution in [0.15, 0.2) is 72.9 Å². The first-order chi connectivity index (χ1) is 17.9. The van der Waals surface area contributed by atoms with Crippen molar-refractivity contribution in [3.05, 3.63) is 95.5 Å². The first-order valence-corrected chi connectivity index (χ1v) is 12.3. The molecular formula is C30H31N3O4. The molecule has 37 heavy (non-hydrogen) atoms. The molecule has 0 radical (unpaired) electrons. The molecule has 7 heteroatoms. The first kappa shape index (κ1) is 25.7. The molecular weight excluding hydrogens is 466 g/mol. The maximum Gasteiger partial charge on any atom is 0.331 e. The number of nitrogens with zero attached hydrogens (tertiary/aromatic N) is 3. The molecule has 190 valence electrons. The third-order valence-corrected chi connectivity index (χ3v) is 6.19. The number of aromatic nitrogens is 3. The van der Waals surface area contributed by atoms with E-state index >= 15 is 0 Å². The smallest absolute Gasteiger partial charge is 0.331 e. The summed E-state index contributed by atoms with van der Waals surface area (Å²) in [5, 5.41) is 4.75. The highest BCUT2D eigenvalue weighted by Gasteiger charge is 2.17. The fraction of sp³-hybridized carbons (Fsp3) is 0.233. The van der Waals surface area contributed by atoms with Gasteiger partial charge in [-0.1, -0.05) is 25.1 Å². The van der Waals surface area contributed by atoms with Gasteiger partial charge in [-0.05, 0) is 68.8 Å². The molecule has 0 unspecified atom stereocenters. The number of aryl methyl sites for hydroxylation is 1. The number of hydrogen-bond donors (Lipinski definition) is 0. The molecule has 4 rings (SSSR count). The van der Waals surface area contributed by atoms with Crippen molar-refractivity contribution in [1.29, 1.82) is 0 Å². The monoisotopic (exact) mass is 497 g/mol. The van der Waals surface area contributed by atoms with Crippen molar-refractivity contribution in [2.45, 2.75) is 33.7 Å². The van der Waals surface area contributed by atoms with Gasteiger partial charge < -0.3 is 14.0 Å². The Hall–Kier alpha value is -4.39. The van der Waals surface area contributed by atoms with Crippen LogP contribution in [-0.4, -0.2) is 39.8 Å². The molecule has 2 heterocycles. The van der Waals surface area contributed by atoms with Gasteiger partial charge in [-0.25, -0.2) is 9.48 Å². The fourth-order valence-electron chi connectivity index (χ4n) is 4.27. The lowest BCUT2D eigenvalue weighted by molar-refractivity contribution is -0.136. The van der Waals surface area contributed by atoms with Crippen LogP contribution in [-0.2, 0) is 16.1 Å². The predicted molar refractivity (Wildman–Crippen MR) is 144 cm³/mol. The second-order valence-corrected chi connectivity index (χ2v) is 8.74. The molecule has 0 bridgehead atoms. The number of ether oxygens (including phenoxy) is 2. The van der Waals surface area contributed by atoms with E-state index in [-0.39, 0.29) is 12.4 Å². The van der Waals surface area contributed by atoms with Crippen LogP contribution in [0.5, 0.6) is 5.75 Å². The van der Waals surface area contributed by atoms with Gasteiger partial charge in [0.2, 0.25) is 5.78 Å². The zero-order valence-electron chi connectivity index (χ0n) is 21.6. The highest BCUT2D eigenvalue weighted by Crippen LogP contribution is 2.27. The molecule has 0 amide bonds. The molecule has 0 aliphatic heterocycles. The number of methoxy groups -OCH3 is 1. The molecule has 2 aromatic carbocycles. The minimum absolute atomic E-state index is 0.215. The second kappa shape index (κ2) is 11.6. The van der Waals surface area contributed by atoms with Crippen LogP contribution in [0.3, 0.4) is 0 Å². The Bertz CT molecular complexity index is 1410. The van der Waals surface area contributed by atoms with E-state index in [2.05, 4.69) is 11.5 Å². The van der Waals surface area contributed by atoms with Crippen molar-refractivity contribution < 1.29 is 19.1 Å². The van der Waals surface area contributed by atoms with Crippen molar-refractivity contribution >= 4 is 17.8 Å². The summed E-state index contributed by atoms with van der Waals surface area (Å²) in [5.41, 5.74) is 5.72. The van der Waals surface area contributed by atoms with E-state index in [1.807, 2.05) is 80.7 Å². The molecule has 0 spiro atoms. The highest BCUT2D eigenvalue weighted by atomic mass is 16.5. The standard InChI is InChI=1S/C30H31N3O4/c1-5-17-32-21(2)18-27(22(32)3)28(34)20-37-29(35)16-13-24-19-33(25-9-7-6-8-10-25)31-30(24)23-11-14-26(36-4)15-12-23/h6-16,18-19H,5,17,20H2,1-4H3. The third-order valence-electron chi connectivity index (χ3n) is 6.19. The average molecular weight is 498 g/mol. The van der Waals surface area contributed by atoms with Crippen molar-refractivity contribution in [2.75, 3.05) is 13.7 Å². The summed E-state index contributed by atoms with van der Waals surface area (Å²) in [6.45, 7) is 6.53. The number of carbonyl (C=O) groups excluding carboxylic acids is 2. The van der Waals surface area contributed by atoms with Crippen LogP contribution in [0.25, 0.3) is 23.0 Å². The summed E-state index contributed by atoms with van der Waals surface area (Å²) in [6.07, 6.45) is 5.81. The number of Topliss-reactive ketones (excluding diaryl/α,β-unsaturated/α-hetero) is 1. The van der Waals surface area contributed by atoms with Gasteiger partial charge in [0.1, 0.15) is 5.75 Å². The second-order valence-electron chi connectivity index (χ2n) is 8.74. The van der Waals surface area contributed by atoms with E-state index in [1.165, 1.54) is 6.08 Å². The number of para-hydroxylation sites is 1. The van der Waals surface area contributed by atoms with E-state index in [4.69, 9.17) is 14.6 Å². The normalized spacial score (nSPS) is 11.1. The average Bonchev–Trinajstić information content (AvgIpc) is 3.48. The highest BCUT2D eigenvalue weighted by molar-refractivity contribution is 6.00. The minimum Gasteiger partial charge on any atom is -0.497 e. The zero-order chi connectivity index (χ0) is 26.4. The molecule has 0 fully saturated rings. The van der Waals surface area contributed by atoms with Crippen LogP contribution in [0.2, 0.25) is 0 Å². The van der Waals surface area contributed by atoms with Crippen molar-refractivity contribution in [3.63, 3.8) is 0 Å². The number of esters is 1. The van der Waals surface area contributed by atoms with Gasteiger partial charge in [0.05, 0.1) is 18.5 Å². The van der Waals surface area contributed by atoms with Gasteiger partial charge in [0.25, 0.3) is 0 Å². The zero-order valence-corrected chi connectivity index (χ0v) is 21.6. The van der Waals surface area contributed by atoms with Gasteiger partial charge >= 0.3 is 5.97 Å². The number of rotatable bonds is 10. The molecule has 0 saturated carbocycles. The Labute approximate surface area is 217 Å². The molecule has 7 nitrogen and oxygen atoms in total. The number of benzene rings is 2. The number of ketones is 1. The molecule has 0 N–H and O–H groups in total. The van der Waals surface area contributed by atoms with Crippen LogP contribution >= 0.6 is 0 Å². The Balaban J connectivity index is 1.51. The fourth-order valence-corrected chi connectivity index (χ4v) is 4.27. The summed E-state index contributed by atoms with van der Waals surface area (Å²) in [6, 6.07) is 19.1. The Morgan fingerprint density at radius 3 is 2.43 bits per heavy atom. The van der Waals surface area contributed by atoms with E-state index < -0.39 is 5.97 Å². The number of carbonyl (C=O) groups is 2. The van der Waals surface area contributed by atoms with Gasteiger partial charge in [-0.3, -0.25) is 4.79 Å². The summed E-state index contributed by atoms with van der Waals surface area (Å²) < 4.78 is 14.4. The molecule has 0 saturated heterocycles. The van der Waals surface area contributed by atoms with E-state index in [0.29, 0.717) is 11.3 Å². The maximum atomic E-state index is 12.7. The molecule has 0 aliphatic rings. The summed E-state index contributed by atoms with van der Waals surface area (Å²) in [7, 11) is 1.62. The lowest BCUT2D eigenvalue weighted by Gasteiger charge is -2.07. The summed E-state index contributed by atoms with van der Waals surface area (Å²) in [5.74, 6) is -0.0658. The molecule has 4 aromatic rings. The van der Waals surface area contributed by atoms with Crippen LogP contribution < -0.4 is 4.74 Å².